The summed E-state index contributed by atoms with van der Waals surface area (Å²) in [5.74, 6) is 0.365. The van der Waals surface area contributed by atoms with Crippen LogP contribution in [0, 0.1) is 0 Å². The van der Waals surface area contributed by atoms with E-state index < -0.39 is 12.0 Å². The van der Waals surface area contributed by atoms with Crippen LogP contribution in [0.15, 0.2) is 25.6 Å². The molecule has 3 rings (SSSR count). The number of piperidine rings is 1. The quantitative estimate of drug-likeness (QED) is 0.900. The summed E-state index contributed by atoms with van der Waals surface area (Å²) in [6.45, 7) is 1.06. The van der Waals surface area contributed by atoms with E-state index in [0.717, 1.165) is 19.4 Å². The minimum atomic E-state index is -0.801. The van der Waals surface area contributed by atoms with Crippen molar-refractivity contribution in [2.75, 3.05) is 6.54 Å². The van der Waals surface area contributed by atoms with Crippen LogP contribution in [0.5, 0.6) is 0 Å². The second kappa shape index (κ2) is 5.98. The Morgan fingerprint density at radius 1 is 1.38 bits per heavy atom. The first-order valence-electron chi connectivity index (χ1n) is 6.68. The van der Waals surface area contributed by atoms with Crippen molar-refractivity contribution in [1.82, 2.24) is 15.1 Å². The Morgan fingerprint density at radius 2 is 2.24 bits per heavy atom. The van der Waals surface area contributed by atoms with Gasteiger partial charge in [-0.2, -0.15) is 0 Å². The first-order valence-corrected chi connectivity index (χ1v) is 7.48. The summed E-state index contributed by atoms with van der Waals surface area (Å²) in [6.07, 6.45) is 2.57. The van der Waals surface area contributed by atoms with Gasteiger partial charge in [0.25, 0.3) is 5.89 Å². The summed E-state index contributed by atoms with van der Waals surface area (Å²) < 4.78 is 11.5. The molecule has 1 aliphatic rings. The van der Waals surface area contributed by atoms with E-state index in [9.17, 15) is 9.90 Å². The smallest absolute Gasteiger partial charge is 0.320 e. The largest absolute Gasteiger partial charge is 0.480 e. The molecule has 0 aliphatic carbocycles. The van der Waals surface area contributed by atoms with Crippen molar-refractivity contribution in [2.45, 2.75) is 31.8 Å². The van der Waals surface area contributed by atoms with Crippen molar-refractivity contribution in [1.29, 1.82) is 0 Å². The van der Waals surface area contributed by atoms with Crippen LogP contribution in [-0.2, 0) is 11.3 Å². The lowest BCUT2D eigenvalue weighted by Gasteiger charge is -2.31. The second-order valence-electron chi connectivity index (χ2n) is 4.93. The zero-order valence-electron chi connectivity index (χ0n) is 11.2. The van der Waals surface area contributed by atoms with Gasteiger partial charge < -0.3 is 13.9 Å². The normalized spacial score (nSPS) is 19.8. The van der Waals surface area contributed by atoms with Crippen LogP contribution >= 0.6 is 15.9 Å². The van der Waals surface area contributed by atoms with Crippen LogP contribution in [0.4, 0.5) is 0 Å². The Balaban J connectivity index is 1.73. The molecule has 2 aromatic heterocycles. The zero-order chi connectivity index (χ0) is 14.8. The summed E-state index contributed by atoms with van der Waals surface area (Å²) in [5, 5.41) is 17.1. The first kappa shape index (κ1) is 14.3. The van der Waals surface area contributed by atoms with Gasteiger partial charge in [-0.1, -0.05) is 6.42 Å². The monoisotopic (exact) mass is 355 g/mol. The maximum atomic E-state index is 11.3. The van der Waals surface area contributed by atoms with E-state index in [1.807, 2.05) is 4.90 Å². The molecule has 112 valence electrons. The van der Waals surface area contributed by atoms with Gasteiger partial charge in [-0.25, -0.2) is 0 Å². The van der Waals surface area contributed by atoms with Crippen LogP contribution in [-0.4, -0.2) is 38.8 Å². The third-order valence-corrected chi connectivity index (χ3v) is 3.91. The third-order valence-electron chi connectivity index (χ3n) is 3.49. The van der Waals surface area contributed by atoms with E-state index in [1.165, 1.54) is 0 Å². The Bertz CT molecular complexity index is 639. The summed E-state index contributed by atoms with van der Waals surface area (Å²) >= 11 is 3.21. The molecular formula is C13H14BrN3O4. The molecule has 1 saturated heterocycles. The van der Waals surface area contributed by atoms with Crippen LogP contribution < -0.4 is 0 Å². The number of likely N-dealkylation sites (tertiary alicyclic amines) is 1. The van der Waals surface area contributed by atoms with Crippen molar-refractivity contribution in [2.24, 2.45) is 0 Å². The Hall–Kier alpha value is -1.67. The molecule has 2 aromatic rings. The molecule has 1 atom stereocenters. The molecule has 0 amide bonds. The number of hydrogen-bond acceptors (Lipinski definition) is 6. The molecule has 8 heteroatoms. The molecule has 1 unspecified atom stereocenters. The highest BCUT2D eigenvalue weighted by Gasteiger charge is 2.29. The molecule has 0 radical (unpaired) electrons. The van der Waals surface area contributed by atoms with Gasteiger partial charge in [-0.05, 0) is 47.4 Å². The molecule has 1 N–H and O–H groups in total. The Morgan fingerprint density at radius 3 is 2.95 bits per heavy atom. The van der Waals surface area contributed by atoms with Gasteiger partial charge in [0.15, 0.2) is 10.4 Å². The fraction of sp³-hybridized carbons (Fsp3) is 0.462. The highest BCUT2D eigenvalue weighted by molar-refractivity contribution is 9.10. The van der Waals surface area contributed by atoms with Crippen molar-refractivity contribution < 1.29 is 18.7 Å². The summed E-state index contributed by atoms with van der Waals surface area (Å²) in [5.41, 5.74) is 0. The molecule has 7 nitrogen and oxygen atoms in total. The van der Waals surface area contributed by atoms with Crippen LogP contribution in [0.1, 0.15) is 25.2 Å². The number of aliphatic carboxylic acids is 1. The van der Waals surface area contributed by atoms with Gasteiger partial charge in [0.2, 0.25) is 5.89 Å². The summed E-state index contributed by atoms with van der Waals surface area (Å²) in [6, 6.07) is 2.99. The number of hydrogen-bond donors (Lipinski definition) is 1. The van der Waals surface area contributed by atoms with Crippen LogP contribution in [0.25, 0.3) is 11.7 Å². The maximum absolute atomic E-state index is 11.3. The second-order valence-corrected chi connectivity index (χ2v) is 5.71. The Labute approximate surface area is 129 Å². The minimum absolute atomic E-state index is 0.291. The standard InChI is InChI=1S/C13H14BrN3O4/c14-10-5-4-9(20-10)12-16-15-11(21-12)7-17-6-2-1-3-8(17)13(18)19/h4-5,8H,1-3,6-7H2,(H,18,19). The fourth-order valence-electron chi connectivity index (χ4n) is 2.48. The minimum Gasteiger partial charge on any atom is -0.480 e. The van der Waals surface area contributed by atoms with Gasteiger partial charge in [0.05, 0.1) is 6.54 Å². The molecule has 0 bridgehead atoms. The predicted molar refractivity (Wildman–Crippen MR) is 75.4 cm³/mol. The number of aromatic nitrogens is 2. The van der Waals surface area contributed by atoms with Crippen LogP contribution in [0.2, 0.25) is 0 Å². The van der Waals surface area contributed by atoms with E-state index >= 15 is 0 Å². The van der Waals surface area contributed by atoms with E-state index in [4.69, 9.17) is 8.83 Å². The number of halogens is 1. The summed E-state index contributed by atoms with van der Waals surface area (Å²) in [7, 11) is 0. The number of nitrogens with zero attached hydrogens (tertiary/aromatic N) is 3. The molecule has 0 spiro atoms. The Kier molecular flexibility index (Phi) is 4.07. The molecule has 0 aromatic carbocycles. The molecule has 21 heavy (non-hydrogen) atoms. The number of carbonyl (C=O) groups is 1. The van der Waals surface area contributed by atoms with E-state index in [0.29, 0.717) is 35.2 Å². The van der Waals surface area contributed by atoms with Crippen molar-refractivity contribution in [3.05, 3.63) is 22.7 Å². The highest BCUT2D eigenvalue weighted by atomic mass is 79.9. The van der Waals surface area contributed by atoms with E-state index in [2.05, 4.69) is 26.1 Å². The first-order chi connectivity index (χ1) is 10.1. The lowest BCUT2D eigenvalue weighted by molar-refractivity contribution is -0.145. The number of furan rings is 1. The fourth-order valence-corrected chi connectivity index (χ4v) is 2.79. The van der Waals surface area contributed by atoms with Crippen molar-refractivity contribution in [3.8, 4) is 11.7 Å². The topological polar surface area (TPSA) is 92.6 Å². The molecular weight excluding hydrogens is 342 g/mol. The molecule has 1 aliphatic heterocycles. The van der Waals surface area contributed by atoms with Crippen molar-refractivity contribution >= 4 is 21.9 Å². The number of carboxylic acid groups (broad SMARTS) is 1. The average Bonchev–Trinajstić information content (AvgIpc) is 3.08. The number of carboxylic acids is 1. The van der Waals surface area contributed by atoms with Gasteiger partial charge in [0.1, 0.15) is 6.04 Å². The molecule has 1 fully saturated rings. The highest BCUT2D eigenvalue weighted by Crippen LogP contribution is 2.25. The molecule has 0 saturated carbocycles. The average molecular weight is 356 g/mol. The van der Waals surface area contributed by atoms with Gasteiger partial charge in [-0.15, -0.1) is 10.2 Å². The third kappa shape index (κ3) is 3.16. The lowest BCUT2D eigenvalue weighted by Crippen LogP contribution is -2.44. The van der Waals surface area contributed by atoms with Crippen LogP contribution in [0.3, 0.4) is 0 Å². The van der Waals surface area contributed by atoms with E-state index in [-0.39, 0.29) is 0 Å². The van der Waals surface area contributed by atoms with Gasteiger partial charge >= 0.3 is 5.97 Å². The SMILES string of the molecule is O=C(O)C1CCCCN1Cc1nnc(-c2ccc(Br)o2)o1. The zero-order valence-corrected chi connectivity index (χ0v) is 12.7. The predicted octanol–water partition coefficient (Wildman–Crippen LogP) is 2.53. The number of rotatable bonds is 4. The van der Waals surface area contributed by atoms with Gasteiger partial charge in [0, 0.05) is 0 Å². The lowest BCUT2D eigenvalue weighted by atomic mass is 10.0. The summed E-state index contributed by atoms with van der Waals surface area (Å²) in [4.78, 5) is 13.1. The van der Waals surface area contributed by atoms with Crippen molar-refractivity contribution in [3.63, 3.8) is 0 Å². The van der Waals surface area contributed by atoms with E-state index in [1.54, 1.807) is 12.1 Å². The maximum Gasteiger partial charge on any atom is 0.320 e. The molecule has 3 heterocycles. The van der Waals surface area contributed by atoms with Gasteiger partial charge in [-0.3, -0.25) is 9.69 Å².